The summed E-state index contributed by atoms with van der Waals surface area (Å²) in [6, 6.07) is 37.7. The molecule has 0 bridgehead atoms. The lowest BCUT2D eigenvalue weighted by Gasteiger charge is -2.28. The molecule has 0 aliphatic carbocycles. The minimum Gasteiger partial charge on any atom is -0.310 e. The Kier molecular flexibility index (Phi) is 6.12. The summed E-state index contributed by atoms with van der Waals surface area (Å²) in [6.07, 6.45) is 0. The standard InChI is InChI=1S/C60H42N2/c1-4-16-43(17-5-1)45-28-30-49(31-29-45)54-23-10-13-25-57(54)61(51-37-32-46(33-38-51)44-18-6-2-7-19-44)52-39-34-47(35-40-52)50-36-41-60-56(42-50)55-24-12-15-27-59(55)62(60)58-26-14-11-22-53(58)48-20-8-3-9-21-48/h1-42H/i1D,4D,5D,10D,13D,16D,17D,25D,28D,29D,30D,31D,34D,35D,39D,40D. The van der Waals surface area contributed by atoms with Gasteiger partial charge in [0.15, 0.2) is 0 Å². The van der Waals surface area contributed by atoms with E-state index in [1.165, 1.54) is 4.90 Å². The second kappa shape index (κ2) is 16.1. The smallest absolute Gasteiger partial charge is 0.0645 e. The number of anilines is 3. The molecule has 0 saturated heterocycles. The molecular weight excluding hydrogens is 749 g/mol. The van der Waals surface area contributed by atoms with Crippen LogP contribution in [0.25, 0.3) is 83.1 Å². The van der Waals surface area contributed by atoms with E-state index in [-0.39, 0.29) is 22.5 Å². The van der Waals surface area contributed by atoms with Crippen LogP contribution in [0.4, 0.5) is 17.1 Å². The molecule has 1 aromatic heterocycles. The first-order valence-electron chi connectivity index (χ1n) is 28.0. The van der Waals surface area contributed by atoms with Gasteiger partial charge >= 0.3 is 0 Å². The van der Waals surface area contributed by atoms with Crippen LogP contribution < -0.4 is 4.90 Å². The summed E-state index contributed by atoms with van der Waals surface area (Å²) in [5, 5.41) is 1.66. The molecule has 0 saturated carbocycles. The van der Waals surface area contributed by atoms with Crippen LogP contribution in [0.5, 0.6) is 0 Å². The topological polar surface area (TPSA) is 8.17 Å². The molecule has 0 amide bonds. The van der Waals surface area contributed by atoms with Gasteiger partial charge in [-0.3, -0.25) is 0 Å². The predicted octanol–water partition coefficient (Wildman–Crippen LogP) is 16.6. The van der Waals surface area contributed by atoms with Crippen LogP contribution in [-0.2, 0) is 0 Å². The SMILES string of the molecule is [2H]c1cc(-c2c([2H])c([2H])c(-c3c([2H])c([2H])c([2H])c([2H])c3[2H])c([2H])c2[2H])c(N(c2ccc(-c3ccccc3)cc2)c2c([2H])c([2H])c(-c3ccc4c(c3)c3ccccc3n4-c3ccccc3-c3ccccc3)c([2H])c2[2H])c([2H])c1[2H]. The zero-order valence-electron chi connectivity index (χ0n) is 48.9. The highest BCUT2D eigenvalue weighted by atomic mass is 15.1. The third-order valence-corrected chi connectivity index (χ3v) is 10.9. The summed E-state index contributed by atoms with van der Waals surface area (Å²) in [5.41, 5.74) is 3.97. The Balaban J connectivity index is 1.15. The normalized spacial score (nSPS) is 14.8. The largest absolute Gasteiger partial charge is 0.310 e. The van der Waals surface area contributed by atoms with Crippen molar-refractivity contribution in [1.82, 2.24) is 4.57 Å². The maximum absolute atomic E-state index is 9.86. The lowest BCUT2D eigenvalue weighted by molar-refractivity contribution is 1.18. The third kappa shape index (κ3) is 6.84. The minimum atomic E-state index is -0.809. The molecule has 0 unspecified atom stereocenters. The number of fused-ring (bicyclic) bond motifs is 3. The van der Waals surface area contributed by atoms with Crippen molar-refractivity contribution in [3.63, 3.8) is 0 Å². The first kappa shape index (κ1) is 23.6. The molecule has 0 radical (unpaired) electrons. The zero-order valence-corrected chi connectivity index (χ0v) is 32.9. The van der Waals surface area contributed by atoms with Gasteiger partial charge in [-0.15, -0.1) is 0 Å². The van der Waals surface area contributed by atoms with Crippen LogP contribution in [0.15, 0.2) is 254 Å². The lowest BCUT2D eigenvalue weighted by atomic mass is 9.98. The third-order valence-electron chi connectivity index (χ3n) is 10.9. The van der Waals surface area contributed by atoms with Crippen molar-refractivity contribution in [2.24, 2.45) is 0 Å². The van der Waals surface area contributed by atoms with E-state index in [0.29, 0.717) is 5.56 Å². The van der Waals surface area contributed by atoms with Gasteiger partial charge in [0.2, 0.25) is 0 Å². The van der Waals surface area contributed by atoms with Gasteiger partial charge in [0.25, 0.3) is 0 Å². The molecule has 10 aromatic carbocycles. The molecular formula is C60H42N2. The Bertz CT molecular complexity index is 4190. The Morgan fingerprint density at radius 2 is 0.887 bits per heavy atom. The van der Waals surface area contributed by atoms with Gasteiger partial charge in [0.1, 0.15) is 0 Å². The van der Waals surface area contributed by atoms with Crippen LogP contribution in [0.3, 0.4) is 0 Å². The summed E-state index contributed by atoms with van der Waals surface area (Å²) in [5.74, 6) is 0. The highest BCUT2D eigenvalue weighted by Gasteiger charge is 2.19. The predicted molar refractivity (Wildman–Crippen MR) is 263 cm³/mol. The van der Waals surface area contributed by atoms with E-state index in [4.69, 9.17) is 9.60 Å². The van der Waals surface area contributed by atoms with Crippen LogP contribution in [0.1, 0.15) is 21.9 Å². The number of aromatic nitrogens is 1. The molecule has 0 aliphatic heterocycles. The molecule has 0 aliphatic rings. The fourth-order valence-corrected chi connectivity index (χ4v) is 7.94. The van der Waals surface area contributed by atoms with E-state index in [0.717, 1.165) is 55.8 Å². The van der Waals surface area contributed by atoms with Gasteiger partial charge in [-0.2, -0.15) is 0 Å². The fourth-order valence-electron chi connectivity index (χ4n) is 7.94. The van der Waals surface area contributed by atoms with Gasteiger partial charge in [-0.1, -0.05) is 200 Å². The van der Waals surface area contributed by atoms with E-state index in [2.05, 4.69) is 10.6 Å². The summed E-state index contributed by atoms with van der Waals surface area (Å²) < 4.78 is 148. The van der Waals surface area contributed by atoms with E-state index < -0.39 is 119 Å². The first-order valence-corrected chi connectivity index (χ1v) is 20.0. The summed E-state index contributed by atoms with van der Waals surface area (Å²) in [6.45, 7) is 0. The maximum Gasteiger partial charge on any atom is 0.0645 e. The number of rotatable bonds is 9. The second-order valence-electron chi connectivity index (χ2n) is 14.5. The van der Waals surface area contributed by atoms with Crippen molar-refractivity contribution in [3.8, 4) is 61.3 Å². The number of para-hydroxylation sites is 3. The number of hydrogen-bond acceptors (Lipinski definition) is 1. The van der Waals surface area contributed by atoms with Crippen LogP contribution in [0, 0.1) is 0 Å². The Morgan fingerprint density at radius 3 is 1.66 bits per heavy atom. The van der Waals surface area contributed by atoms with Gasteiger partial charge in [0.05, 0.1) is 44.3 Å². The van der Waals surface area contributed by atoms with Crippen molar-refractivity contribution in [2.45, 2.75) is 0 Å². The fraction of sp³-hybridized carbons (Fsp3) is 0. The average Bonchev–Trinajstić information content (AvgIpc) is 3.90. The molecule has 11 rings (SSSR count). The molecule has 2 heteroatoms. The van der Waals surface area contributed by atoms with Crippen LogP contribution >= 0.6 is 0 Å². The molecule has 0 spiro atoms. The molecule has 11 aromatic rings. The van der Waals surface area contributed by atoms with Crippen molar-refractivity contribution >= 4 is 38.9 Å². The van der Waals surface area contributed by atoms with Crippen molar-refractivity contribution in [1.29, 1.82) is 0 Å². The number of hydrogen-bond donors (Lipinski definition) is 0. The highest BCUT2D eigenvalue weighted by Crippen LogP contribution is 2.43. The van der Waals surface area contributed by atoms with Crippen molar-refractivity contribution < 1.29 is 21.9 Å². The first-order chi connectivity index (χ1) is 37.4. The van der Waals surface area contributed by atoms with Crippen LogP contribution in [-0.4, -0.2) is 4.57 Å². The van der Waals surface area contributed by atoms with Crippen molar-refractivity contribution in [3.05, 3.63) is 254 Å². The molecule has 1 heterocycles. The molecule has 0 fully saturated rings. The minimum absolute atomic E-state index is 0.0339. The molecule has 292 valence electrons. The number of nitrogens with zero attached hydrogens (tertiary/aromatic N) is 2. The summed E-state index contributed by atoms with van der Waals surface area (Å²) in [7, 11) is 0. The van der Waals surface area contributed by atoms with Gasteiger partial charge in [-0.25, -0.2) is 0 Å². The van der Waals surface area contributed by atoms with Gasteiger partial charge in [0, 0.05) is 33.3 Å². The highest BCUT2D eigenvalue weighted by molar-refractivity contribution is 6.11. The summed E-state index contributed by atoms with van der Waals surface area (Å²) >= 11 is 0. The van der Waals surface area contributed by atoms with E-state index in [9.17, 15) is 12.3 Å². The Morgan fingerprint density at radius 1 is 0.323 bits per heavy atom. The monoisotopic (exact) mass is 806 g/mol. The van der Waals surface area contributed by atoms with E-state index in [1.807, 2.05) is 115 Å². The number of benzene rings is 10. The Hall–Kier alpha value is -8.20. The van der Waals surface area contributed by atoms with Gasteiger partial charge in [-0.05, 0) is 99.0 Å². The second-order valence-corrected chi connectivity index (χ2v) is 14.5. The molecule has 0 N–H and O–H groups in total. The van der Waals surface area contributed by atoms with Crippen molar-refractivity contribution in [2.75, 3.05) is 4.90 Å². The van der Waals surface area contributed by atoms with Gasteiger partial charge < -0.3 is 9.47 Å². The Labute approximate surface area is 385 Å². The lowest BCUT2D eigenvalue weighted by Crippen LogP contribution is -2.11. The van der Waals surface area contributed by atoms with E-state index >= 15 is 0 Å². The average molecular weight is 807 g/mol. The maximum atomic E-state index is 9.86. The zero-order chi connectivity index (χ0) is 55.2. The quantitative estimate of drug-likeness (QED) is 0.141. The van der Waals surface area contributed by atoms with Crippen LogP contribution in [0.2, 0.25) is 0 Å². The molecule has 2 nitrogen and oxygen atoms in total. The molecule has 0 atom stereocenters. The molecule has 62 heavy (non-hydrogen) atoms. The summed E-state index contributed by atoms with van der Waals surface area (Å²) in [4.78, 5) is 1.21. The van der Waals surface area contributed by atoms with E-state index in [1.54, 1.807) is 30.3 Å².